The van der Waals surface area contributed by atoms with E-state index in [1.807, 2.05) is 0 Å². The molecule has 1 fully saturated rings. The second-order valence-electron chi connectivity index (χ2n) is 3.90. The van der Waals surface area contributed by atoms with Gasteiger partial charge in [0.2, 0.25) is 10.0 Å². The van der Waals surface area contributed by atoms with Crippen molar-refractivity contribution in [1.29, 1.82) is 0 Å². The third-order valence-corrected chi connectivity index (χ3v) is 4.38. The number of hydrogen-bond donors (Lipinski definition) is 1. The summed E-state index contributed by atoms with van der Waals surface area (Å²) in [5.74, 6) is 0.585. The van der Waals surface area contributed by atoms with Crippen LogP contribution in [0.4, 0.5) is 0 Å². The zero-order valence-corrected chi connectivity index (χ0v) is 9.22. The first-order valence-corrected chi connectivity index (χ1v) is 6.59. The van der Waals surface area contributed by atoms with Gasteiger partial charge in [-0.2, -0.15) is 0 Å². The van der Waals surface area contributed by atoms with E-state index >= 15 is 0 Å². The zero-order chi connectivity index (χ0) is 10.6. The van der Waals surface area contributed by atoms with Crippen molar-refractivity contribution in [3.05, 3.63) is 0 Å². The van der Waals surface area contributed by atoms with E-state index in [1.165, 1.54) is 7.05 Å². The molecule has 82 valence electrons. The number of nitrogens with one attached hydrogen (secondary N) is 1. The van der Waals surface area contributed by atoms with Gasteiger partial charge in [-0.3, -0.25) is 0 Å². The fourth-order valence-electron chi connectivity index (χ4n) is 1.88. The smallest absolute Gasteiger partial charge is 0.211 e. The van der Waals surface area contributed by atoms with Gasteiger partial charge in [-0.15, -0.1) is 0 Å². The van der Waals surface area contributed by atoms with E-state index in [4.69, 9.17) is 0 Å². The van der Waals surface area contributed by atoms with Crippen LogP contribution in [0.2, 0.25) is 0 Å². The highest BCUT2D eigenvalue weighted by atomic mass is 32.2. The average Bonchev–Trinajstić information content (AvgIpc) is 2.19. The van der Waals surface area contributed by atoms with E-state index in [2.05, 4.69) is 4.72 Å². The maximum atomic E-state index is 11.2. The Balaban J connectivity index is 2.40. The fourth-order valence-corrected chi connectivity index (χ4v) is 3.01. The molecule has 0 aromatic carbocycles. The molecular formula is C9H17NO3S. The van der Waals surface area contributed by atoms with Crippen LogP contribution in [0.3, 0.4) is 0 Å². The predicted molar refractivity (Wildman–Crippen MR) is 54.4 cm³/mol. The lowest BCUT2D eigenvalue weighted by Crippen LogP contribution is -2.29. The van der Waals surface area contributed by atoms with Gasteiger partial charge < -0.3 is 4.79 Å². The molecule has 0 aromatic heterocycles. The summed E-state index contributed by atoms with van der Waals surface area (Å²) in [4.78, 5) is 10.5. The van der Waals surface area contributed by atoms with Gasteiger partial charge >= 0.3 is 0 Å². The molecule has 0 unspecified atom stereocenters. The van der Waals surface area contributed by atoms with Gasteiger partial charge in [0.15, 0.2) is 0 Å². The summed E-state index contributed by atoms with van der Waals surface area (Å²) in [6, 6.07) is 0. The van der Waals surface area contributed by atoms with Crippen LogP contribution < -0.4 is 4.72 Å². The maximum Gasteiger partial charge on any atom is 0.211 e. The predicted octanol–water partition coefficient (Wildman–Crippen LogP) is 0.541. The third-order valence-electron chi connectivity index (χ3n) is 2.85. The number of hydrogen-bond acceptors (Lipinski definition) is 3. The molecule has 5 heteroatoms. The summed E-state index contributed by atoms with van der Waals surface area (Å²) in [5, 5.41) is 0. The van der Waals surface area contributed by atoms with Crippen LogP contribution in [0.1, 0.15) is 25.7 Å². The van der Waals surface area contributed by atoms with Gasteiger partial charge in [-0.1, -0.05) is 0 Å². The van der Waals surface area contributed by atoms with Gasteiger partial charge in [0.1, 0.15) is 6.29 Å². The molecule has 0 spiro atoms. The topological polar surface area (TPSA) is 63.2 Å². The first-order valence-electron chi connectivity index (χ1n) is 4.94. The first-order chi connectivity index (χ1) is 6.57. The SMILES string of the molecule is CNS(=O)(=O)C[C@H]1CC[C@H](C=O)CC1. The molecule has 0 aromatic rings. The standard InChI is InChI=1S/C9H17NO3S/c1-10-14(12,13)7-9-4-2-8(6-11)3-5-9/h6,8-10H,2-5,7H2,1H3/t8-,9-. The molecule has 0 atom stereocenters. The lowest BCUT2D eigenvalue weighted by molar-refractivity contribution is -0.112. The number of carbonyl (C=O) groups is 1. The van der Waals surface area contributed by atoms with E-state index in [9.17, 15) is 13.2 Å². The van der Waals surface area contributed by atoms with E-state index in [-0.39, 0.29) is 17.6 Å². The maximum absolute atomic E-state index is 11.2. The quantitative estimate of drug-likeness (QED) is 0.702. The fraction of sp³-hybridized carbons (Fsp3) is 0.889. The van der Waals surface area contributed by atoms with Crippen molar-refractivity contribution in [1.82, 2.24) is 4.72 Å². The van der Waals surface area contributed by atoms with Gasteiger partial charge in [0.25, 0.3) is 0 Å². The van der Waals surface area contributed by atoms with E-state index in [1.54, 1.807) is 0 Å². The normalized spacial score (nSPS) is 28.6. The zero-order valence-electron chi connectivity index (χ0n) is 8.40. The molecular weight excluding hydrogens is 202 g/mol. The molecule has 0 bridgehead atoms. The molecule has 4 nitrogen and oxygen atoms in total. The largest absolute Gasteiger partial charge is 0.303 e. The Labute approximate surface area is 85.1 Å². The molecule has 14 heavy (non-hydrogen) atoms. The van der Waals surface area contributed by atoms with Crippen LogP contribution in [0.15, 0.2) is 0 Å². The molecule has 1 aliphatic rings. The Kier molecular flexibility index (Phi) is 4.07. The highest BCUT2D eigenvalue weighted by molar-refractivity contribution is 7.89. The first kappa shape index (κ1) is 11.7. The minimum absolute atomic E-state index is 0.156. The summed E-state index contributed by atoms with van der Waals surface area (Å²) in [6.07, 6.45) is 4.37. The van der Waals surface area contributed by atoms with Crippen molar-refractivity contribution >= 4 is 16.3 Å². The highest BCUT2D eigenvalue weighted by Crippen LogP contribution is 2.28. The second kappa shape index (κ2) is 4.89. The highest BCUT2D eigenvalue weighted by Gasteiger charge is 2.24. The number of aldehydes is 1. The van der Waals surface area contributed by atoms with E-state index in [0.29, 0.717) is 0 Å². The molecule has 0 saturated heterocycles. The molecule has 0 radical (unpaired) electrons. The average molecular weight is 219 g/mol. The summed E-state index contributed by atoms with van der Waals surface area (Å²) in [5.41, 5.74) is 0. The van der Waals surface area contributed by atoms with Gasteiger partial charge in [0, 0.05) is 5.92 Å². The van der Waals surface area contributed by atoms with Crippen LogP contribution in [0, 0.1) is 11.8 Å². The van der Waals surface area contributed by atoms with Gasteiger partial charge in [-0.25, -0.2) is 13.1 Å². The Bertz CT molecular complexity index is 278. The molecule has 1 saturated carbocycles. The molecule has 1 aliphatic carbocycles. The van der Waals surface area contributed by atoms with E-state index < -0.39 is 10.0 Å². The summed E-state index contributed by atoms with van der Waals surface area (Å²) < 4.78 is 24.8. The van der Waals surface area contributed by atoms with E-state index in [0.717, 1.165) is 32.0 Å². The Hall–Kier alpha value is -0.420. The molecule has 1 rings (SSSR count). The molecule has 1 N–H and O–H groups in total. The summed E-state index contributed by atoms with van der Waals surface area (Å²) in [7, 11) is -1.64. The van der Waals surface area contributed by atoms with Crippen LogP contribution in [-0.2, 0) is 14.8 Å². The number of carbonyl (C=O) groups excluding carboxylic acids is 1. The van der Waals surface area contributed by atoms with Crippen molar-refractivity contribution in [2.75, 3.05) is 12.8 Å². The van der Waals surface area contributed by atoms with Gasteiger partial charge in [0.05, 0.1) is 5.75 Å². The van der Waals surface area contributed by atoms with Crippen LogP contribution in [-0.4, -0.2) is 27.5 Å². The lowest BCUT2D eigenvalue weighted by Gasteiger charge is -2.24. The van der Waals surface area contributed by atoms with Crippen molar-refractivity contribution in [2.24, 2.45) is 11.8 Å². The minimum atomic E-state index is -3.08. The Morgan fingerprint density at radius 3 is 2.29 bits per heavy atom. The molecule has 0 heterocycles. The van der Waals surface area contributed by atoms with Crippen molar-refractivity contribution in [2.45, 2.75) is 25.7 Å². The van der Waals surface area contributed by atoms with Gasteiger partial charge in [-0.05, 0) is 38.6 Å². The van der Waals surface area contributed by atoms with Crippen LogP contribution in [0.25, 0.3) is 0 Å². The van der Waals surface area contributed by atoms with Crippen molar-refractivity contribution in [3.8, 4) is 0 Å². The monoisotopic (exact) mass is 219 g/mol. The van der Waals surface area contributed by atoms with Crippen LogP contribution >= 0.6 is 0 Å². The van der Waals surface area contributed by atoms with Crippen molar-refractivity contribution in [3.63, 3.8) is 0 Å². The van der Waals surface area contributed by atoms with Crippen molar-refractivity contribution < 1.29 is 13.2 Å². The lowest BCUT2D eigenvalue weighted by atomic mass is 9.84. The third kappa shape index (κ3) is 3.38. The summed E-state index contributed by atoms with van der Waals surface area (Å²) in [6.45, 7) is 0. The Morgan fingerprint density at radius 2 is 1.86 bits per heavy atom. The number of sulfonamides is 1. The second-order valence-corrected chi connectivity index (χ2v) is 5.87. The van der Waals surface area contributed by atoms with Crippen LogP contribution in [0.5, 0.6) is 0 Å². The molecule has 0 aliphatic heterocycles. The minimum Gasteiger partial charge on any atom is -0.303 e. The molecule has 0 amide bonds. The Morgan fingerprint density at radius 1 is 1.29 bits per heavy atom. The number of rotatable bonds is 4. The summed E-state index contributed by atoms with van der Waals surface area (Å²) >= 11 is 0.